The molecule has 0 saturated carbocycles. The molecule has 0 heterocycles. The molecule has 0 fully saturated rings. The van der Waals surface area contributed by atoms with Crippen LogP contribution in [0.2, 0.25) is 0 Å². The molecule has 0 aliphatic rings. The summed E-state index contributed by atoms with van der Waals surface area (Å²) in [5.74, 6) is 1.85. The Balaban J connectivity index is 2.52. The van der Waals surface area contributed by atoms with Crippen molar-refractivity contribution in [1.82, 2.24) is 5.32 Å². The molecule has 0 radical (unpaired) electrons. The fraction of sp³-hybridized carbons (Fsp3) is 0.500. The lowest BCUT2D eigenvalue weighted by molar-refractivity contribution is 0.501. The van der Waals surface area contributed by atoms with Crippen LogP contribution in [0.1, 0.15) is 31.0 Å². The predicted octanol–water partition coefficient (Wildman–Crippen LogP) is 3.21. The molecule has 17 heavy (non-hydrogen) atoms. The Morgan fingerprint density at radius 3 is 2.82 bits per heavy atom. The van der Waals surface area contributed by atoms with Gasteiger partial charge in [-0.05, 0) is 49.1 Å². The number of hydrogen-bond acceptors (Lipinski definition) is 3. The first-order chi connectivity index (χ1) is 8.17. The van der Waals surface area contributed by atoms with Gasteiger partial charge in [0.2, 0.25) is 0 Å². The van der Waals surface area contributed by atoms with Crippen LogP contribution in [0.5, 0.6) is 0 Å². The fourth-order valence-corrected chi connectivity index (χ4v) is 2.40. The van der Waals surface area contributed by atoms with Crippen LogP contribution in [0.4, 0.5) is 0 Å². The SMILES string of the molecule is CSCC(C)CNC(C)c1cccc(C#N)c1. The first-order valence-corrected chi connectivity index (χ1v) is 7.29. The largest absolute Gasteiger partial charge is 0.310 e. The summed E-state index contributed by atoms with van der Waals surface area (Å²) in [5.41, 5.74) is 1.91. The summed E-state index contributed by atoms with van der Waals surface area (Å²) >= 11 is 1.88. The highest BCUT2D eigenvalue weighted by molar-refractivity contribution is 7.98. The number of rotatable bonds is 6. The van der Waals surface area contributed by atoms with E-state index >= 15 is 0 Å². The normalized spacial score (nSPS) is 14.0. The van der Waals surface area contributed by atoms with Crippen molar-refractivity contribution >= 4 is 11.8 Å². The molecule has 3 heteroatoms. The van der Waals surface area contributed by atoms with E-state index in [-0.39, 0.29) is 0 Å². The second-order valence-electron chi connectivity index (χ2n) is 4.43. The van der Waals surface area contributed by atoms with Crippen LogP contribution < -0.4 is 5.32 Å². The zero-order valence-corrected chi connectivity index (χ0v) is 11.6. The van der Waals surface area contributed by atoms with Gasteiger partial charge in [0.15, 0.2) is 0 Å². The third-order valence-electron chi connectivity index (χ3n) is 2.74. The number of nitrogens with zero attached hydrogens (tertiary/aromatic N) is 1. The van der Waals surface area contributed by atoms with Crippen molar-refractivity contribution in [3.8, 4) is 6.07 Å². The van der Waals surface area contributed by atoms with Gasteiger partial charge >= 0.3 is 0 Å². The highest BCUT2D eigenvalue weighted by Gasteiger charge is 2.07. The van der Waals surface area contributed by atoms with Crippen LogP contribution in [-0.4, -0.2) is 18.6 Å². The van der Waals surface area contributed by atoms with Crippen molar-refractivity contribution in [3.63, 3.8) is 0 Å². The van der Waals surface area contributed by atoms with E-state index in [1.165, 1.54) is 11.3 Å². The predicted molar refractivity (Wildman–Crippen MR) is 75.1 cm³/mol. The van der Waals surface area contributed by atoms with Crippen LogP contribution in [0.25, 0.3) is 0 Å². The van der Waals surface area contributed by atoms with E-state index in [0.717, 1.165) is 12.1 Å². The molecule has 0 spiro atoms. The summed E-state index contributed by atoms with van der Waals surface area (Å²) in [6.07, 6.45) is 2.14. The van der Waals surface area contributed by atoms with Gasteiger partial charge in [0.05, 0.1) is 11.6 Å². The molecule has 1 aromatic rings. The quantitative estimate of drug-likeness (QED) is 0.839. The second-order valence-corrected chi connectivity index (χ2v) is 5.34. The monoisotopic (exact) mass is 248 g/mol. The van der Waals surface area contributed by atoms with Gasteiger partial charge in [-0.3, -0.25) is 0 Å². The zero-order valence-electron chi connectivity index (χ0n) is 10.7. The summed E-state index contributed by atoms with van der Waals surface area (Å²) in [5, 5.41) is 12.4. The number of nitriles is 1. The minimum Gasteiger partial charge on any atom is -0.310 e. The third kappa shape index (κ3) is 4.80. The zero-order chi connectivity index (χ0) is 12.7. The van der Waals surface area contributed by atoms with Crippen molar-refractivity contribution in [1.29, 1.82) is 5.26 Å². The topological polar surface area (TPSA) is 35.8 Å². The van der Waals surface area contributed by atoms with Crippen LogP contribution >= 0.6 is 11.8 Å². The molecule has 92 valence electrons. The van der Waals surface area contributed by atoms with Gasteiger partial charge < -0.3 is 5.32 Å². The highest BCUT2D eigenvalue weighted by atomic mass is 32.2. The van der Waals surface area contributed by atoms with E-state index in [4.69, 9.17) is 5.26 Å². The molecule has 0 amide bonds. The van der Waals surface area contributed by atoms with E-state index in [1.807, 2.05) is 30.0 Å². The van der Waals surface area contributed by atoms with E-state index in [9.17, 15) is 0 Å². The Bertz CT molecular complexity index is 384. The van der Waals surface area contributed by atoms with Crippen molar-refractivity contribution in [2.24, 2.45) is 5.92 Å². The lowest BCUT2D eigenvalue weighted by Gasteiger charge is -2.17. The average Bonchev–Trinajstić information content (AvgIpc) is 2.36. The lowest BCUT2D eigenvalue weighted by atomic mass is 10.1. The molecule has 0 bridgehead atoms. The Morgan fingerprint density at radius 2 is 2.18 bits per heavy atom. The van der Waals surface area contributed by atoms with Crippen LogP contribution in [0.15, 0.2) is 24.3 Å². The van der Waals surface area contributed by atoms with E-state index in [0.29, 0.717) is 12.0 Å². The third-order valence-corrected chi connectivity index (χ3v) is 3.64. The first-order valence-electron chi connectivity index (χ1n) is 5.89. The van der Waals surface area contributed by atoms with Gasteiger partial charge in [-0.25, -0.2) is 0 Å². The Morgan fingerprint density at radius 1 is 1.41 bits per heavy atom. The lowest BCUT2D eigenvalue weighted by Crippen LogP contribution is -2.25. The summed E-state index contributed by atoms with van der Waals surface area (Å²) < 4.78 is 0. The summed E-state index contributed by atoms with van der Waals surface area (Å²) in [4.78, 5) is 0. The molecule has 0 aliphatic carbocycles. The summed E-state index contributed by atoms with van der Waals surface area (Å²) in [6, 6.07) is 10.3. The van der Waals surface area contributed by atoms with Crippen molar-refractivity contribution in [3.05, 3.63) is 35.4 Å². The van der Waals surface area contributed by atoms with Gasteiger partial charge in [0.25, 0.3) is 0 Å². The standard InChI is InChI=1S/C14H20N2S/c1-11(10-17-3)9-16-12(2)14-6-4-5-13(7-14)8-15/h4-7,11-12,16H,9-10H2,1-3H3. The number of thioether (sulfide) groups is 1. The van der Waals surface area contributed by atoms with Gasteiger partial charge in [-0.15, -0.1) is 0 Å². The molecule has 2 atom stereocenters. The smallest absolute Gasteiger partial charge is 0.0991 e. The van der Waals surface area contributed by atoms with Crippen LogP contribution in [0, 0.1) is 17.2 Å². The molecule has 0 aromatic heterocycles. The second kappa shape index (κ2) is 7.37. The van der Waals surface area contributed by atoms with Crippen molar-refractivity contribution in [2.75, 3.05) is 18.6 Å². The Hall–Kier alpha value is -0.980. The Labute approximate surface area is 108 Å². The maximum Gasteiger partial charge on any atom is 0.0991 e. The maximum absolute atomic E-state index is 8.86. The van der Waals surface area contributed by atoms with E-state index < -0.39 is 0 Å². The Kier molecular flexibility index (Phi) is 6.10. The van der Waals surface area contributed by atoms with Crippen LogP contribution in [-0.2, 0) is 0 Å². The molecule has 1 rings (SSSR count). The summed E-state index contributed by atoms with van der Waals surface area (Å²) in [7, 11) is 0. The molecule has 0 saturated heterocycles. The highest BCUT2D eigenvalue weighted by Crippen LogP contribution is 2.14. The van der Waals surface area contributed by atoms with Crippen molar-refractivity contribution < 1.29 is 0 Å². The number of nitrogens with one attached hydrogen (secondary N) is 1. The average molecular weight is 248 g/mol. The van der Waals surface area contributed by atoms with Crippen molar-refractivity contribution in [2.45, 2.75) is 19.9 Å². The minimum absolute atomic E-state index is 0.299. The molecule has 1 N–H and O–H groups in total. The molecule has 0 aliphatic heterocycles. The molecular formula is C14H20N2S. The van der Waals surface area contributed by atoms with Gasteiger partial charge in [0.1, 0.15) is 0 Å². The van der Waals surface area contributed by atoms with Gasteiger partial charge in [-0.2, -0.15) is 17.0 Å². The van der Waals surface area contributed by atoms with E-state index in [1.54, 1.807) is 0 Å². The number of benzene rings is 1. The van der Waals surface area contributed by atoms with E-state index in [2.05, 4.69) is 37.6 Å². The summed E-state index contributed by atoms with van der Waals surface area (Å²) in [6.45, 7) is 5.41. The fourth-order valence-electron chi connectivity index (χ4n) is 1.72. The number of hydrogen-bond donors (Lipinski definition) is 1. The molecule has 1 aromatic carbocycles. The van der Waals surface area contributed by atoms with Crippen LogP contribution in [0.3, 0.4) is 0 Å². The van der Waals surface area contributed by atoms with Gasteiger partial charge in [0, 0.05) is 6.04 Å². The minimum atomic E-state index is 0.299. The maximum atomic E-state index is 8.86. The molecule has 2 unspecified atom stereocenters. The first kappa shape index (κ1) is 14.1. The molecule has 2 nitrogen and oxygen atoms in total. The molecular weight excluding hydrogens is 228 g/mol. The van der Waals surface area contributed by atoms with Gasteiger partial charge in [-0.1, -0.05) is 19.1 Å².